The molecule has 60 valence electrons. The molecule has 0 atom stereocenters. The predicted octanol–water partition coefficient (Wildman–Crippen LogP) is 3.37. The highest BCUT2D eigenvalue weighted by molar-refractivity contribution is 5.29. The summed E-state index contributed by atoms with van der Waals surface area (Å²) in [6, 6.07) is 6.53. The number of aryl methyl sites for hydroxylation is 1. The smallest absolute Gasteiger partial charge is 0.0620 e. The van der Waals surface area contributed by atoms with Crippen LogP contribution in [0.25, 0.3) is 0 Å². The van der Waals surface area contributed by atoms with Crippen LogP contribution in [0.3, 0.4) is 0 Å². The molecule has 0 nitrogen and oxygen atoms in total. The van der Waals surface area contributed by atoms with Gasteiger partial charge in [-0.2, -0.15) is 0 Å². The Labute approximate surface area is 70.7 Å². The third kappa shape index (κ3) is 1.83. The van der Waals surface area contributed by atoms with Crippen molar-refractivity contribution < 1.29 is 1.37 Å². The molecular weight excluding hydrogens is 132 g/mol. The van der Waals surface area contributed by atoms with Gasteiger partial charge in [-0.3, -0.25) is 0 Å². The van der Waals surface area contributed by atoms with Crippen molar-refractivity contribution >= 4 is 0 Å². The Morgan fingerprint density at radius 1 is 1.45 bits per heavy atom. The Balaban J connectivity index is 3.11. The molecule has 1 aromatic rings. The quantitative estimate of drug-likeness (QED) is 0.604. The lowest BCUT2D eigenvalue weighted by Gasteiger charge is -2.09. The van der Waals surface area contributed by atoms with E-state index in [0.717, 1.165) is 6.42 Å². The molecule has 0 saturated heterocycles. The predicted molar refractivity (Wildman–Crippen MR) is 49.9 cm³/mol. The van der Waals surface area contributed by atoms with E-state index >= 15 is 0 Å². The standard InChI is InChI=1S/C11H16/c1-4-10-7-5-6-8-11(10)9(2)3/h5-9H,4H2,1-3H3/i5D. The molecule has 1 aromatic carbocycles. The summed E-state index contributed by atoms with van der Waals surface area (Å²) in [5, 5.41) is 0. The third-order valence-corrected chi connectivity index (χ3v) is 1.99. The summed E-state index contributed by atoms with van der Waals surface area (Å²) in [7, 11) is 0. The van der Waals surface area contributed by atoms with Gasteiger partial charge in [0.2, 0.25) is 0 Å². The molecule has 0 aliphatic rings. The van der Waals surface area contributed by atoms with Gasteiger partial charge in [0.1, 0.15) is 0 Å². The Bertz CT molecular complexity index is 264. The van der Waals surface area contributed by atoms with E-state index in [0.29, 0.717) is 12.0 Å². The van der Waals surface area contributed by atoms with Gasteiger partial charge in [-0.15, -0.1) is 0 Å². The molecule has 0 aliphatic heterocycles. The molecule has 0 heterocycles. The molecule has 0 aliphatic carbocycles. The number of hydrogen-bond acceptors (Lipinski definition) is 0. The average Bonchev–Trinajstić information content (AvgIpc) is 2.03. The second-order valence-corrected chi connectivity index (χ2v) is 3.13. The monoisotopic (exact) mass is 149 g/mol. The zero-order valence-electron chi connectivity index (χ0n) is 8.52. The molecule has 0 radical (unpaired) electrons. The summed E-state index contributed by atoms with van der Waals surface area (Å²) >= 11 is 0. The zero-order valence-corrected chi connectivity index (χ0v) is 7.52. The van der Waals surface area contributed by atoms with Crippen LogP contribution in [-0.4, -0.2) is 0 Å². The molecule has 11 heavy (non-hydrogen) atoms. The summed E-state index contributed by atoms with van der Waals surface area (Å²) in [6.07, 6.45) is 1.03. The highest BCUT2D eigenvalue weighted by Crippen LogP contribution is 2.18. The maximum Gasteiger partial charge on any atom is 0.0623 e. The van der Waals surface area contributed by atoms with Gasteiger partial charge in [0, 0.05) is 0 Å². The number of hydrogen-bond donors (Lipinski definition) is 0. The van der Waals surface area contributed by atoms with Gasteiger partial charge >= 0.3 is 0 Å². The Morgan fingerprint density at radius 3 is 2.73 bits per heavy atom. The van der Waals surface area contributed by atoms with Crippen molar-refractivity contribution in [3.05, 3.63) is 35.4 Å². The van der Waals surface area contributed by atoms with Gasteiger partial charge in [0.15, 0.2) is 0 Å². The first kappa shape index (κ1) is 6.90. The van der Waals surface area contributed by atoms with Crippen LogP contribution in [0.4, 0.5) is 0 Å². The van der Waals surface area contributed by atoms with E-state index in [1.165, 1.54) is 11.1 Å². The van der Waals surface area contributed by atoms with Crippen molar-refractivity contribution in [1.82, 2.24) is 0 Å². The van der Waals surface area contributed by atoms with Gasteiger partial charge in [-0.25, -0.2) is 0 Å². The van der Waals surface area contributed by atoms with Gasteiger partial charge in [-0.05, 0) is 23.5 Å². The second-order valence-electron chi connectivity index (χ2n) is 3.13. The molecule has 0 spiro atoms. The van der Waals surface area contributed by atoms with Crippen molar-refractivity contribution in [2.75, 3.05) is 0 Å². The average molecular weight is 149 g/mol. The van der Waals surface area contributed by atoms with Crippen LogP contribution in [0.1, 0.15) is 39.2 Å². The van der Waals surface area contributed by atoms with Crippen LogP contribution >= 0.6 is 0 Å². The molecule has 1 rings (SSSR count). The van der Waals surface area contributed by atoms with Crippen molar-refractivity contribution in [3.63, 3.8) is 0 Å². The van der Waals surface area contributed by atoms with Crippen LogP contribution in [0.2, 0.25) is 0 Å². The molecule has 0 aromatic heterocycles. The molecule has 0 saturated carbocycles. The second kappa shape index (κ2) is 3.56. The van der Waals surface area contributed by atoms with Gasteiger partial charge < -0.3 is 0 Å². The first-order valence-corrected chi connectivity index (χ1v) is 4.24. The van der Waals surface area contributed by atoms with Gasteiger partial charge in [-0.1, -0.05) is 45.0 Å². The lowest BCUT2D eigenvalue weighted by atomic mass is 9.96. The highest BCUT2D eigenvalue weighted by atomic mass is 14.1. The summed E-state index contributed by atoms with van der Waals surface area (Å²) in [6.45, 7) is 6.52. The van der Waals surface area contributed by atoms with E-state index in [4.69, 9.17) is 1.37 Å². The van der Waals surface area contributed by atoms with Crippen molar-refractivity contribution in [2.45, 2.75) is 33.1 Å². The molecule has 0 unspecified atom stereocenters. The normalized spacial score (nSPS) is 11.8. The van der Waals surface area contributed by atoms with Gasteiger partial charge in [0.25, 0.3) is 0 Å². The largest absolute Gasteiger partial charge is 0.0623 e. The third-order valence-electron chi connectivity index (χ3n) is 1.99. The first-order chi connectivity index (χ1) is 5.65. The molecule has 0 bridgehead atoms. The number of rotatable bonds is 2. The van der Waals surface area contributed by atoms with Crippen molar-refractivity contribution in [2.24, 2.45) is 0 Å². The van der Waals surface area contributed by atoms with E-state index < -0.39 is 0 Å². The maximum atomic E-state index is 7.48. The Kier molecular flexibility index (Phi) is 2.24. The zero-order chi connectivity index (χ0) is 9.14. The fourth-order valence-electron chi connectivity index (χ4n) is 1.35. The summed E-state index contributed by atoms with van der Waals surface area (Å²) in [5.41, 5.74) is 2.70. The maximum absolute atomic E-state index is 7.48. The molecular formula is C11H16. The Morgan fingerprint density at radius 2 is 2.18 bits per heavy atom. The lowest BCUT2D eigenvalue weighted by Crippen LogP contribution is -1.93. The van der Waals surface area contributed by atoms with E-state index in [1.54, 1.807) is 0 Å². The number of benzene rings is 1. The van der Waals surface area contributed by atoms with Crippen molar-refractivity contribution in [1.29, 1.82) is 0 Å². The topological polar surface area (TPSA) is 0 Å². The van der Waals surface area contributed by atoms with Crippen molar-refractivity contribution in [3.8, 4) is 0 Å². The van der Waals surface area contributed by atoms with E-state index in [1.807, 2.05) is 12.1 Å². The summed E-state index contributed by atoms with van der Waals surface area (Å²) in [5.74, 6) is 0.570. The van der Waals surface area contributed by atoms with Crippen LogP contribution in [-0.2, 0) is 6.42 Å². The first-order valence-electron chi connectivity index (χ1n) is 4.74. The van der Waals surface area contributed by atoms with Crippen LogP contribution in [0, 0.1) is 0 Å². The van der Waals surface area contributed by atoms with Crippen LogP contribution in [0.15, 0.2) is 24.2 Å². The lowest BCUT2D eigenvalue weighted by molar-refractivity contribution is 0.844. The minimum atomic E-state index is 0.570. The summed E-state index contributed by atoms with van der Waals surface area (Å²) in [4.78, 5) is 0. The van der Waals surface area contributed by atoms with E-state index in [-0.39, 0.29) is 0 Å². The SMILES string of the molecule is [2H]c1ccc(C(C)C)c(CC)c1. The molecule has 0 heteroatoms. The fourth-order valence-corrected chi connectivity index (χ4v) is 1.35. The summed E-state index contributed by atoms with van der Waals surface area (Å²) < 4.78 is 7.48. The van der Waals surface area contributed by atoms with E-state index in [9.17, 15) is 0 Å². The minimum Gasteiger partial charge on any atom is -0.0620 e. The molecule has 0 fully saturated rings. The molecule has 0 N–H and O–H groups in total. The minimum absolute atomic E-state index is 0.570. The molecule has 0 amide bonds. The van der Waals surface area contributed by atoms with Gasteiger partial charge in [0.05, 0.1) is 1.37 Å². The van der Waals surface area contributed by atoms with Crippen LogP contribution < -0.4 is 0 Å². The fraction of sp³-hybridized carbons (Fsp3) is 0.455. The highest BCUT2D eigenvalue weighted by Gasteiger charge is 2.02. The van der Waals surface area contributed by atoms with E-state index in [2.05, 4.69) is 26.8 Å². The Hall–Kier alpha value is -0.780. The van der Waals surface area contributed by atoms with Crippen LogP contribution in [0.5, 0.6) is 0 Å².